The molecule has 19 heavy (non-hydrogen) atoms. The summed E-state index contributed by atoms with van der Waals surface area (Å²) in [5.41, 5.74) is 0.479. The Balaban J connectivity index is 2.66. The van der Waals surface area contributed by atoms with Crippen molar-refractivity contribution in [3.63, 3.8) is 0 Å². The molecule has 0 aliphatic rings. The molecule has 0 saturated carbocycles. The maximum absolute atomic E-state index is 12.0. The molecular formula is C15H22BrNO2. The third-order valence-corrected chi connectivity index (χ3v) is 4.09. The second kappa shape index (κ2) is 6.94. The smallest absolute Gasteiger partial charge is 0.251 e. The van der Waals surface area contributed by atoms with Gasteiger partial charge in [0, 0.05) is 12.1 Å². The minimum absolute atomic E-state index is 0.0805. The van der Waals surface area contributed by atoms with Gasteiger partial charge in [-0.05, 0) is 51.9 Å². The Bertz CT molecular complexity index is 436. The van der Waals surface area contributed by atoms with Gasteiger partial charge in [-0.15, -0.1) is 0 Å². The maximum atomic E-state index is 12.0. The summed E-state index contributed by atoms with van der Waals surface area (Å²) in [4.78, 5) is 12.0. The molecule has 0 fully saturated rings. The summed E-state index contributed by atoms with van der Waals surface area (Å²) in [6, 6.07) is 4.84. The van der Waals surface area contributed by atoms with Crippen LogP contribution in [0.5, 0.6) is 5.75 Å². The highest BCUT2D eigenvalue weighted by Crippen LogP contribution is 2.24. The lowest BCUT2D eigenvalue weighted by Gasteiger charge is -2.25. The SMILES string of the molecule is CC(C)C(CNC(=O)c1ccc(Br)c(O)c1)C(C)C. The predicted octanol–water partition coefficient (Wildman–Crippen LogP) is 3.81. The highest BCUT2D eigenvalue weighted by Gasteiger charge is 2.18. The molecular weight excluding hydrogens is 306 g/mol. The molecule has 106 valence electrons. The third kappa shape index (κ3) is 4.53. The Kier molecular flexibility index (Phi) is 5.85. The van der Waals surface area contributed by atoms with Gasteiger partial charge >= 0.3 is 0 Å². The first kappa shape index (κ1) is 16.0. The number of phenols is 1. The first-order valence-electron chi connectivity index (χ1n) is 6.59. The molecule has 0 saturated heterocycles. The van der Waals surface area contributed by atoms with Crippen molar-refractivity contribution in [3.8, 4) is 5.75 Å². The standard InChI is InChI=1S/C15H22BrNO2/c1-9(2)12(10(3)4)8-17-15(19)11-5-6-13(16)14(18)7-11/h5-7,9-10,12,18H,8H2,1-4H3,(H,17,19). The van der Waals surface area contributed by atoms with Crippen molar-refractivity contribution < 1.29 is 9.90 Å². The molecule has 4 heteroatoms. The molecule has 1 aromatic carbocycles. The number of phenolic OH excluding ortho intramolecular Hbond substituents is 1. The molecule has 0 heterocycles. The van der Waals surface area contributed by atoms with Gasteiger partial charge in [-0.2, -0.15) is 0 Å². The number of benzene rings is 1. The van der Waals surface area contributed by atoms with E-state index in [4.69, 9.17) is 0 Å². The lowest BCUT2D eigenvalue weighted by molar-refractivity contribution is 0.0937. The molecule has 0 aliphatic heterocycles. The van der Waals surface area contributed by atoms with Crippen molar-refractivity contribution in [2.45, 2.75) is 27.7 Å². The van der Waals surface area contributed by atoms with Gasteiger partial charge < -0.3 is 10.4 Å². The van der Waals surface area contributed by atoms with E-state index >= 15 is 0 Å². The minimum atomic E-state index is -0.144. The minimum Gasteiger partial charge on any atom is -0.507 e. The van der Waals surface area contributed by atoms with Crippen LogP contribution in [0.3, 0.4) is 0 Å². The molecule has 0 spiro atoms. The first-order chi connectivity index (χ1) is 8.82. The van der Waals surface area contributed by atoms with Crippen LogP contribution in [-0.2, 0) is 0 Å². The van der Waals surface area contributed by atoms with Gasteiger partial charge in [0.25, 0.3) is 5.91 Å². The molecule has 1 aromatic rings. The third-order valence-electron chi connectivity index (χ3n) is 3.42. The second-order valence-electron chi connectivity index (χ2n) is 5.53. The van der Waals surface area contributed by atoms with Crippen LogP contribution in [-0.4, -0.2) is 17.6 Å². The maximum Gasteiger partial charge on any atom is 0.251 e. The van der Waals surface area contributed by atoms with E-state index in [1.165, 1.54) is 6.07 Å². The predicted molar refractivity (Wildman–Crippen MR) is 81.3 cm³/mol. The molecule has 2 N–H and O–H groups in total. The summed E-state index contributed by atoms with van der Waals surface area (Å²) < 4.78 is 0.589. The fraction of sp³-hybridized carbons (Fsp3) is 0.533. The van der Waals surface area contributed by atoms with Gasteiger partial charge in [-0.1, -0.05) is 27.7 Å². The van der Waals surface area contributed by atoms with Crippen LogP contribution in [0.2, 0.25) is 0 Å². The van der Waals surface area contributed by atoms with Crippen LogP contribution >= 0.6 is 15.9 Å². The van der Waals surface area contributed by atoms with E-state index in [1.54, 1.807) is 12.1 Å². The van der Waals surface area contributed by atoms with E-state index in [0.717, 1.165) is 0 Å². The van der Waals surface area contributed by atoms with Crippen LogP contribution in [0, 0.1) is 17.8 Å². The van der Waals surface area contributed by atoms with Crippen molar-refractivity contribution in [3.05, 3.63) is 28.2 Å². The summed E-state index contributed by atoms with van der Waals surface area (Å²) in [6.45, 7) is 9.33. The molecule has 1 amide bonds. The van der Waals surface area contributed by atoms with Gasteiger partial charge in [0.15, 0.2) is 0 Å². The lowest BCUT2D eigenvalue weighted by atomic mass is 9.85. The summed E-state index contributed by atoms with van der Waals surface area (Å²) in [7, 11) is 0. The van der Waals surface area contributed by atoms with E-state index in [1.807, 2.05) is 0 Å². The zero-order chi connectivity index (χ0) is 14.6. The van der Waals surface area contributed by atoms with Crippen LogP contribution in [0.4, 0.5) is 0 Å². The fourth-order valence-electron chi connectivity index (χ4n) is 2.21. The normalized spacial score (nSPS) is 11.4. The zero-order valence-electron chi connectivity index (χ0n) is 11.9. The van der Waals surface area contributed by atoms with Gasteiger partial charge in [0.2, 0.25) is 0 Å². The molecule has 0 unspecified atom stereocenters. The molecule has 0 atom stereocenters. The Morgan fingerprint density at radius 1 is 1.26 bits per heavy atom. The average molecular weight is 328 g/mol. The number of rotatable bonds is 5. The fourth-order valence-corrected chi connectivity index (χ4v) is 2.45. The highest BCUT2D eigenvalue weighted by molar-refractivity contribution is 9.10. The van der Waals surface area contributed by atoms with E-state index in [2.05, 4.69) is 48.9 Å². The molecule has 3 nitrogen and oxygen atoms in total. The topological polar surface area (TPSA) is 49.3 Å². The molecule has 1 rings (SSSR count). The number of amides is 1. The van der Waals surface area contributed by atoms with E-state index in [-0.39, 0.29) is 11.7 Å². The number of hydrogen-bond acceptors (Lipinski definition) is 2. The van der Waals surface area contributed by atoms with E-state index in [0.29, 0.717) is 34.3 Å². The van der Waals surface area contributed by atoms with Crippen LogP contribution < -0.4 is 5.32 Å². The number of hydrogen-bond donors (Lipinski definition) is 2. The van der Waals surface area contributed by atoms with Crippen molar-refractivity contribution in [1.29, 1.82) is 0 Å². The highest BCUT2D eigenvalue weighted by atomic mass is 79.9. The average Bonchev–Trinajstić information content (AvgIpc) is 2.31. The van der Waals surface area contributed by atoms with Gasteiger partial charge in [-0.3, -0.25) is 4.79 Å². The number of carbonyl (C=O) groups excluding carboxylic acids is 1. The Morgan fingerprint density at radius 3 is 2.32 bits per heavy atom. The van der Waals surface area contributed by atoms with Crippen molar-refractivity contribution >= 4 is 21.8 Å². The van der Waals surface area contributed by atoms with Gasteiger partial charge in [-0.25, -0.2) is 0 Å². The van der Waals surface area contributed by atoms with Gasteiger partial charge in [0.1, 0.15) is 5.75 Å². The van der Waals surface area contributed by atoms with E-state index in [9.17, 15) is 9.90 Å². The summed E-state index contributed by atoms with van der Waals surface area (Å²) in [5.74, 6) is 1.44. The quantitative estimate of drug-likeness (QED) is 0.863. The Hall–Kier alpha value is -1.03. The molecule has 0 radical (unpaired) electrons. The van der Waals surface area contributed by atoms with Crippen LogP contribution in [0.15, 0.2) is 22.7 Å². The number of nitrogens with one attached hydrogen (secondary N) is 1. The first-order valence-corrected chi connectivity index (χ1v) is 7.39. The molecule has 0 bridgehead atoms. The summed E-state index contributed by atoms with van der Waals surface area (Å²) in [6.07, 6.45) is 0. The van der Waals surface area contributed by atoms with Gasteiger partial charge in [0.05, 0.1) is 4.47 Å². The van der Waals surface area contributed by atoms with Crippen LogP contribution in [0.25, 0.3) is 0 Å². The molecule has 0 aromatic heterocycles. The Labute approximate surface area is 123 Å². The summed E-state index contributed by atoms with van der Waals surface area (Å²) in [5, 5.41) is 12.5. The number of carbonyl (C=O) groups is 1. The zero-order valence-corrected chi connectivity index (χ0v) is 13.5. The number of halogens is 1. The Morgan fingerprint density at radius 2 is 1.84 bits per heavy atom. The monoisotopic (exact) mass is 327 g/mol. The number of aromatic hydroxyl groups is 1. The van der Waals surface area contributed by atoms with E-state index < -0.39 is 0 Å². The second-order valence-corrected chi connectivity index (χ2v) is 6.38. The largest absolute Gasteiger partial charge is 0.507 e. The van der Waals surface area contributed by atoms with Crippen molar-refractivity contribution in [2.75, 3.05) is 6.54 Å². The van der Waals surface area contributed by atoms with Crippen molar-refractivity contribution in [1.82, 2.24) is 5.32 Å². The van der Waals surface area contributed by atoms with Crippen LogP contribution in [0.1, 0.15) is 38.1 Å². The summed E-state index contributed by atoms with van der Waals surface area (Å²) >= 11 is 3.20. The molecule has 0 aliphatic carbocycles. The lowest BCUT2D eigenvalue weighted by Crippen LogP contribution is -2.33. The van der Waals surface area contributed by atoms with Crippen molar-refractivity contribution in [2.24, 2.45) is 17.8 Å².